The van der Waals surface area contributed by atoms with E-state index in [4.69, 9.17) is 0 Å². The Bertz CT molecular complexity index is 338. The lowest BCUT2D eigenvalue weighted by Crippen LogP contribution is -2.34. The minimum Gasteiger partial charge on any atom is -0.316 e. The number of aromatic nitrogens is 3. The van der Waals surface area contributed by atoms with Crippen LogP contribution in [0, 0.1) is 11.3 Å². The third kappa shape index (κ3) is 4.41. The molecule has 0 fully saturated rings. The van der Waals surface area contributed by atoms with E-state index in [1.807, 2.05) is 4.68 Å². The molecule has 1 atom stereocenters. The van der Waals surface area contributed by atoms with Gasteiger partial charge in [0.15, 0.2) is 0 Å². The van der Waals surface area contributed by atoms with Crippen molar-refractivity contribution in [1.29, 1.82) is 0 Å². The molecule has 0 radical (unpaired) electrons. The van der Waals surface area contributed by atoms with Crippen LogP contribution in [0.3, 0.4) is 0 Å². The lowest BCUT2D eigenvalue weighted by Gasteiger charge is -2.30. The second kappa shape index (κ2) is 6.88. The van der Waals surface area contributed by atoms with Gasteiger partial charge in [-0.3, -0.25) is 4.68 Å². The minimum atomic E-state index is 0.283. The van der Waals surface area contributed by atoms with Crippen LogP contribution in [0.25, 0.3) is 0 Å². The van der Waals surface area contributed by atoms with E-state index in [2.05, 4.69) is 50.0 Å². The summed E-state index contributed by atoms with van der Waals surface area (Å²) < 4.78 is 2.00. The fraction of sp³-hybridized carbons (Fsp3) is 0.857. The average Bonchev–Trinajstić information content (AvgIpc) is 2.74. The first kappa shape index (κ1) is 15.2. The van der Waals surface area contributed by atoms with Gasteiger partial charge in [0, 0.05) is 13.0 Å². The van der Waals surface area contributed by atoms with E-state index in [1.54, 1.807) is 6.33 Å². The van der Waals surface area contributed by atoms with Crippen LogP contribution in [0.15, 0.2) is 6.33 Å². The summed E-state index contributed by atoms with van der Waals surface area (Å²) in [6.45, 7) is 14.3. The molecule has 0 aliphatic carbocycles. The zero-order valence-electron chi connectivity index (χ0n) is 12.5. The van der Waals surface area contributed by atoms with Crippen LogP contribution in [0.2, 0.25) is 0 Å². The van der Waals surface area contributed by atoms with E-state index in [0.717, 1.165) is 31.9 Å². The maximum absolute atomic E-state index is 4.39. The van der Waals surface area contributed by atoms with Crippen LogP contribution in [-0.2, 0) is 13.0 Å². The predicted molar refractivity (Wildman–Crippen MR) is 75.5 cm³/mol. The molecule has 1 aromatic heterocycles. The van der Waals surface area contributed by atoms with Gasteiger partial charge in [-0.05, 0) is 37.8 Å². The molecule has 1 unspecified atom stereocenters. The standard InChI is InChI=1S/C14H28N4/c1-6-8-15-10-12(14(3,4)5)9-13-16-11-17-18(13)7-2/h11-12,15H,6-10H2,1-5H3. The zero-order valence-corrected chi connectivity index (χ0v) is 12.5. The predicted octanol–water partition coefficient (Wildman–Crippen LogP) is 2.50. The topological polar surface area (TPSA) is 42.7 Å². The highest BCUT2D eigenvalue weighted by Crippen LogP contribution is 2.28. The lowest BCUT2D eigenvalue weighted by atomic mass is 9.78. The van der Waals surface area contributed by atoms with Crippen molar-refractivity contribution in [2.45, 2.75) is 54.0 Å². The van der Waals surface area contributed by atoms with Gasteiger partial charge in [-0.25, -0.2) is 4.98 Å². The molecule has 0 saturated carbocycles. The SMILES string of the molecule is CCCNCC(Cc1ncnn1CC)C(C)(C)C. The molecule has 1 aromatic rings. The second-order valence-electron chi connectivity index (χ2n) is 5.96. The number of nitrogens with zero attached hydrogens (tertiary/aromatic N) is 3. The van der Waals surface area contributed by atoms with E-state index in [1.165, 1.54) is 6.42 Å². The Hall–Kier alpha value is -0.900. The molecule has 4 nitrogen and oxygen atoms in total. The van der Waals surface area contributed by atoms with Crippen molar-refractivity contribution >= 4 is 0 Å². The second-order valence-corrected chi connectivity index (χ2v) is 5.96. The molecule has 4 heteroatoms. The van der Waals surface area contributed by atoms with Crippen LogP contribution in [0.1, 0.15) is 46.9 Å². The molecule has 104 valence electrons. The van der Waals surface area contributed by atoms with Crippen molar-refractivity contribution in [3.63, 3.8) is 0 Å². The van der Waals surface area contributed by atoms with Crippen LogP contribution in [-0.4, -0.2) is 27.9 Å². The van der Waals surface area contributed by atoms with Gasteiger partial charge in [0.05, 0.1) is 0 Å². The first-order valence-electron chi connectivity index (χ1n) is 7.06. The molecule has 0 aromatic carbocycles. The molecule has 18 heavy (non-hydrogen) atoms. The fourth-order valence-electron chi connectivity index (χ4n) is 2.07. The molecule has 0 aliphatic heterocycles. The molecular formula is C14H28N4. The van der Waals surface area contributed by atoms with Gasteiger partial charge in [-0.1, -0.05) is 27.7 Å². The third-order valence-electron chi connectivity index (χ3n) is 3.47. The van der Waals surface area contributed by atoms with E-state index in [9.17, 15) is 0 Å². The summed E-state index contributed by atoms with van der Waals surface area (Å²) in [7, 11) is 0. The summed E-state index contributed by atoms with van der Waals surface area (Å²) in [5.74, 6) is 1.69. The normalized spacial score (nSPS) is 13.8. The van der Waals surface area contributed by atoms with Gasteiger partial charge in [-0.15, -0.1) is 0 Å². The van der Waals surface area contributed by atoms with Crippen molar-refractivity contribution < 1.29 is 0 Å². The smallest absolute Gasteiger partial charge is 0.138 e. The van der Waals surface area contributed by atoms with Crippen molar-refractivity contribution in [2.24, 2.45) is 11.3 Å². The van der Waals surface area contributed by atoms with Gasteiger partial charge >= 0.3 is 0 Å². The van der Waals surface area contributed by atoms with Gasteiger partial charge in [0.2, 0.25) is 0 Å². The summed E-state index contributed by atoms with van der Waals surface area (Å²) in [6.07, 6.45) is 3.84. The van der Waals surface area contributed by atoms with Crippen molar-refractivity contribution in [1.82, 2.24) is 20.1 Å². The molecule has 0 aliphatic rings. The van der Waals surface area contributed by atoms with E-state index < -0.39 is 0 Å². The van der Waals surface area contributed by atoms with Crippen LogP contribution in [0.5, 0.6) is 0 Å². The Morgan fingerprint density at radius 3 is 2.61 bits per heavy atom. The van der Waals surface area contributed by atoms with Crippen LogP contribution >= 0.6 is 0 Å². The van der Waals surface area contributed by atoms with E-state index in [0.29, 0.717) is 5.92 Å². The van der Waals surface area contributed by atoms with E-state index in [-0.39, 0.29) is 5.41 Å². The lowest BCUT2D eigenvalue weighted by molar-refractivity contribution is 0.225. The number of nitrogens with one attached hydrogen (secondary N) is 1. The highest BCUT2D eigenvalue weighted by atomic mass is 15.3. The van der Waals surface area contributed by atoms with Gasteiger partial charge < -0.3 is 5.32 Å². The number of aryl methyl sites for hydroxylation is 1. The first-order chi connectivity index (χ1) is 8.49. The monoisotopic (exact) mass is 252 g/mol. The van der Waals surface area contributed by atoms with Gasteiger partial charge in [0.25, 0.3) is 0 Å². The summed E-state index contributed by atoms with van der Waals surface area (Å²) in [5.41, 5.74) is 0.283. The Labute approximate surface area is 111 Å². The molecular weight excluding hydrogens is 224 g/mol. The quantitative estimate of drug-likeness (QED) is 0.758. The molecule has 0 spiro atoms. The average molecular weight is 252 g/mol. The number of hydrogen-bond acceptors (Lipinski definition) is 3. The van der Waals surface area contributed by atoms with Crippen molar-refractivity contribution in [3.05, 3.63) is 12.2 Å². The Kier molecular flexibility index (Phi) is 5.79. The van der Waals surface area contributed by atoms with Crippen molar-refractivity contribution in [3.8, 4) is 0 Å². The van der Waals surface area contributed by atoms with Gasteiger partial charge in [0.1, 0.15) is 12.2 Å². The van der Waals surface area contributed by atoms with Gasteiger partial charge in [-0.2, -0.15) is 5.10 Å². The molecule has 0 amide bonds. The summed E-state index contributed by atoms with van der Waals surface area (Å²) in [4.78, 5) is 4.39. The number of hydrogen-bond donors (Lipinski definition) is 1. The molecule has 1 rings (SSSR count). The summed E-state index contributed by atoms with van der Waals surface area (Å²) in [5, 5.41) is 7.79. The first-order valence-corrected chi connectivity index (χ1v) is 7.06. The maximum Gasteiger partial charge on any atom is 0.138 e. The Morgan fingerprint density at radius 1 is 1.33 bits per heavy atom. The Morgan fingerprint density at radius 2 is 2.06 bits per heavy atom. The Balaban J connectivity index is 2.66. The van der Waals surface area contributed by atoms with Crippen molar-refractivity contribution in [2.75, 3.05) is 13.1 Å². The number of rotatable bonds is 7. The molecule has 0 saturated heterocycles. The van der Waals surface area contributed by atoms with Crippen LogP contribution < -0.4 is 5.32 Å². The largest absolute Gasteiger partial charge is 0.316 e. The summed E-state index contributed by atoms with van der Waals surface area (Å²) >= 11 is 0. The minimum absolute atomic E-state index is 0.283. The molecule has 1 N–H and O–H groups in total. The van der Waals surface area contributed by atoms with E-state index >= 15 is 0 Å². The third-order valence-corrected chi connectivity index (χ3v) is 3.47. The summed E-state index contributed by atoms with van der Waals surface area (Å²) in [6, 6.07) is 0. The highest BCUT2D eigenvalue weighted by molar-refractivity contribution is 4.91. The van der Waals surface area contributed by atoms with Crippen LogP contribution in [0.4, 0.5) is 0 Å². The highest BCUT2D eigenvalue weighted by Gasteiger charge is 2.26. The maximum atomic E-state index is 4.39. The molecule has 1 heterocycles. The fourth-order valence-corrected chi connectivity index (χ4v) is 2.07. The zero-order chi connectivity index (χ0) is 13.6. The molecule has 0 bridgehead atoms.